The van der Waals surface area contributed by atoms with Crippen LogP contribution < -0.4 is 10.1 Å². The van der Waals surface area contributed by atoms with E-state index in [0.29, 0.717) is 26.4 Å². The summed E-state index contributed by atoms with van der Waals surface area (Å²) in [5, 5.41) is 13.9. The molecule has 0 radical (unpaired) electrons. The monoisotopic (exact) mass is 284 g/mol. The lowest BCUT2D eigenvalue weighted by Crippen LogP contribution is -2.11. The number of hydrogen-bond donors (Lipinski definition) is 1. The maximum Gasteiger partial charge on any atom is 0.310 e. The molecule has 0 unspecified atom stereocenters. The Morgan fingerprint density at radius 2 is 2.00 bits per heavy atom. The average Bonchev–Trinajstić information content (AvgIpc) is 2.43. The van der Waals surface area contributed by atoms with E-state index < -0.39 is 4.92 Å². The molecule has 20 heavy (non-hydrogen) atoms. The van der Waals surface area contributed by atoms with E-state index >= 15 is 0 Å². The Morgan fingerprint density at radius 1 is 1.25 bits per heavy atom. The Balaban J connectivity index is 2.56. The van der Waals surface area contributed by atoms with Gasteiger partial charge in [0.15, 0.2) is 5.75 Å². The molecule has 1 rings (SSSR count). The van der Waals surface area contributed by atoms with E-state index in [1.807, 2.05) is 7.05 Å². The Kier molecular flexibility index (Phi) is 7.56. The number of ether oxygens (including phenoxy) is 3. The summed E-state index contributed by atoms with van der Waals surface area (Å²) in [6.45, 7) is 2.22. The normalized spacial score (nSPS) is 10.5. The summed E-state index contributed by atoms with van der Waals surface area (Å²) in [4.78, 5) is 10.5. The minimum absolute atomic E-state index is 0.0401. The third-order valence-electron chi connectivity index (χ3n) is 2.52. The van der Waals surface area contributed by atoms with Gasteiger partial charge in [0.2, 0.25) is 0 Å². The van der Waals surface area contributed by atoms with Gasteiger partial charge in [0.25, 0.3) is 0 Å². The molecule has 0 aromatic heterocycles. The van der Waals surface area contributed by atoms with Crippen molar-refractivity contribution >= 4 is 5.69 Å². The van der Waals surface area contributed by atoms with Crippen molar-refractivity contribution in [2.45, 2.75) is 6.54 Å². The molecular weight excluding hydrogens is 264 g/mol. The molecule has 112 valence electrons. The molecule has 1 N–H and O–H groups in total. The molecule has 0 atom stereocenters. The molecule has 0 saturated carbocycles. The highest BCUT2D eigenvalue weighted by atomic mass is 16.6. The average molecular weight is 284 g/mol. The van der Waals surface area contributed by atoms with Crippen molar-refractivity contribution in [1.29, 1.82) is 0 Å². The summed E-state index contributed by atoms with van der Waals surface area (Å²) in [5.74, 6) is 0.262. The van der Waals surface area contributed by atoms with E-state index in [0.717, 1.165) is 5.56 Å². The van der Waals surface area contributed by atoms with Crippen LogP contribution in [0.1, 0.15) is 5.56 Å². The zero-order chi connectivity index (χ0) is 14.8. The lowest BCUT2D eigenvalue weighted by atomic mass is 10.2. The van der Waals surface area contributed by atoms with Gasteiger partial charge in [0, 0.05) is 19.7 Å². The Morgan fingerprint density at radius 3 is 2.65 bits per heavy atom. The van der Waals surface area contributed by atoms with Crippen molar-refractivity contribution in [3.05, 3.63) is 33.9 Å². The number of benzene rings is 1. The van der Waals surface area contributed by atoms with E-state index in [4.69, 9.17) is 14.2 Å². The first-order valence-electron chi connectivity index (χ1n) is 6.30. The zero-order valence-corrected chi connectivity index (χ0v) is 11.8. The zero-order valence-electron chi connectivity index (χ0n) is 11.8. The van der Waals surface area contributed by atoms with Crippen molar-refractivity contribution in [2.24, 2.45) is 0 Å². The highest BCUT2D eigenvalue weighted by molar-refractivity contribution is 5.48. The first-order valence-corrected chi connectivity index (χ1v) is 6.30. The Labute approximate surface area is 118 Å². The van der Waals surface area contributed by atoms with Gasteiger partial charge in [-0.3, -0.25) is 10.1 Å². The molecule has 0 heterocycles. The van der Waals surface area contributed by atoms with Gasteiger partial charge < -0.3 is 19.5 Å². The Hall–Kier alpha value is -1.70. The maximum atomic E-state index is 10.9. The summed E-state index contributed by atoms with van der Waals surface area (Å²) in [7, 11) is 3.40. The van der Waals surface area contributed by atoms with Crippen LogP contribution in [0.5, 0.6) is 5.75 Å². The molecule has 0 aliphatic rings. The molecular formula is C13H20N2O5. The molecule has 0 bridgehead atoms. The SMILES string of the molecule is CNCc1ccc([N+](=O)[O-])c(OCCOCCOC)c1. The predicted molar refractivity (Wildman–Crippen MR) is 74.1 cm³/mol. The summed E-state index contributed by atoms with van der Waals surface area (Å²) in [6.07, 6.45) is 0. The van der Waals surface area contributed by atoms with Gasteiger partial charge in [-0.2, -0.15) is 0 Å². The van der Waals surface area contributed by atoms with E-state index in [1.165, 1.54) is 6.07 Å². The number of methoxy groups -OCH3 is 1. The first-order chi connectivity index (χ1) is 9.69. The van der Waals surface area contributed by atoms with E-state index in [-0.39, 0.29) is 18.0 Å². The fourth-order valence-electron chi connectivity index (χ4n) is 1.59. The largest absolute Gasteiger partial charge is 0.484 e. The fourth-order valence-corrected chi connectivity index (χ4v) is 1.59. The standard InChI is InChI=1S/C13H20N2O5/c1-14-10-11-3-4-12(15(16)17)13(9-11)20-8-7-19-6-5-18-2/h3-4,9,14H,5-8,10H2,1-2H3. The van der Waals surface area contributed by atoms with Crippen LogP contribution in [0.4, 0.5) is 5.69 Å². The van der Waals surface area contributed by atoms with Crippen molar-refractivity contribution in [3.8, 4) is 5.75 Å². The van der Waals surface area contributed by atoms with Gasteiger partial charge in [-0.15, -0.1) is 0 Å². The number of nitro groups is 1. The van der Waals surface area contributed by atoms with Crippen molar-refractivity contribution in [1.82, 2.24) is 5.32 Å². The number of nitro benzene ring substituents is 1. The van der Waals surface area contributed by atoms with Gasteiger partial charge in [0.05, 0.1) is 24.7 Å². The highest BCUT2D eigenvalue weighted by Gasteiger charge is 2.15. The molecule has 0 saturated heterocycles. The quantitative estimate of drug-likeness (QED) is 0.397. The summed E-state index contributed by atoms with van der Waals surface area (Å²) in [6, 6.07) is 4.83. The van der Waals surface area contributed by atoms with Crippen LogP contribution in [-0.2, 0) is 16.0 Å². The second kappa shape index (κ2) is 9.24. The fraction of sp³-hybridized carbons (Fsp3) is 0.538. The van der Waals surface area contributed by atoms with Crippen LogP contribution in [0.2, 0.25) is 0 Å². The van der Waals surface area contributed by atoms with Crippen molar-refractivity contribution in [2.75, 3.05) is 40.6 Å². The summed E-state index contributed by atoms with van der Waals surface area (Å²) >= 11 is 0. The molecule has 0 fully saturated rings. The number of rotatable bonds is 10. The number of nitrogens with one attached hydrogen (secondary N) is 1. The van der Waals surface area contributed by atoms with Crippen LogP contribution in [0, 0.1) is 10.1 Å². The van der Waals surface area contributed by atoms with Crippen LogP contribution in [-0.4, -0.2) is 45.5 Å². The van der Waals surface area contributed by atoms with Crippen LogP contribution in [0.15, 0.2) is 18.2 Å². The third kappa shape index (κ3) is 5.52. The first kappa shape index (κ1) is 16.4. The number of nitrogens with zero attached hydrogens (tertiary/aromatic N) is 1. The minimum Gasteiger partial charge on any atom is -0.484 e. The van der Waals surface area contributed by atoms with Crippen LogP contribution >= 0.6 is 0 Å². The third-order valence-corrected chi connectivity index (χ3v) is 2.52. The second-order valence-electron chi connectivity index (χ2n) is 4.04. The summed E-state index contributed by atoms with van der Waals surface area (Å²) in [5.41, 5.74) is 0.884. The molecule has 0 aliphatic carbocycles. The lowest BCUT2D eigenvalue weighted by molar-refractivity contribution is -0.385. The molecule has 1 aromatic rings. The topological polar surface area (TPSA) is 82.9 Å². The van der Waals surface area contributed by atoms with Gasteiger partial charge in [-0.25, -0.2) is 0 Å². The highest BCUT2D eigenvalue weighted by Crippen LogP contribution is 2.27. The molecule has 7 heteroatoms. The molecule has 0 spiro atoms. The van der Waals surface area contributed by atoms with Crippen LogP contribution in [0.25, 0.3) is 0 Å². The van der Waals surface area contributed by atoms with Gasteiger partial charge >= 0.3 is 5.69 Å². The van der Waals surface area contributed by atoms with E-state index in [1.54, 1.807) is 19.2 Å². The molecule has 0 aliphatic heterocycles. The smallest absolute Gasteiger partial charge is 0.310 e. The van der Waals surface area contributed by atoms with Crippen LogP contribution in [0.3, 0.4) is 0 Å². The van der Waals surface area contributed by atoms with E-state index in [9.17, 15) is 10.1 Å². The van der Waals surface area contributed by atoms with Gasteiger partial charge in [-0.05, 0) is 18.7 Å². The van der Waals surface area contributed by atoms with Gasteiger partial charge in [0.1, 0.15) is 6.61 Å². The van der Waals surface area contributed by atoms with Crippen molar-refractivity contribution < 1.29 is 19.1 Å². The molecule has 7 nitrogen and oxygen atoms in total. The summed E-state index contributed by atoms with van der Waals surface area (Å²) < 4.78 is 15.5. The molecule has 0 amide bonds. The second-order valence-corrected chi connectivity index (χ2v) is 4.04. The maximum absolute atomic E-state index is 10.9. The van der Waals surface area contributed by atoms with E-state index in [2.05, 4.69) is 5.32 Å². The Bertz CT molecular complexity index is 425. The number of hydrogen-bond acceptors (Lipinski definition) is 6. The predicted octanol–water partition coefficient (Wildman–Crippen LogP) is 1.36. The van der Waals surface area contributed by atoms with Gasteiger partial charge in [-0.1, -0.05) is 6.07 Å². The minimum atomic E-state index is -0.454. The lowest BCUT2D eigenvalue weighted by Gasteiger charge is -2.09. The van der Waals surface area contributed by atoms with Crippen molar-refractivity contribution in [3.63, 3.8) is 0 Å². The molecule has 1 aromatic carbocycles.